The van der Waals surface area contributed by atoms with Crippen LogP contribution in [0.5, 0.6) is 5.75 Å². The van der Waals surface area contributed by atoms with Crippen molar-refractivity contribution in [1.29, 1.82) is 5.41 Å². The molecule has 2 aromatic carbocycles. The van der Waals surface area contributed by atoms with Gasteiger partial charge in [-0.15, -0.1) is 10.2 Å². The molecule has 0 unspecified atom stereocenters. The fourth-order valence-electron chi connectivity index (χ4n) is 3.58. The van der Waals surface area contributed by atoms with Crippen molar-refractivity contribution < 1.29 is 14.2 Å². The highest BCUT2D eigenvalue weighted by molar-refractivity contribution is 6.22. The van der Waals surface area contributed by atoms with Crippen molar-refractivity contribution in [3.05, 3.63) is 71.1 Å². The number of ether oxygens (including phenoxy) is 1. The average molecular weight is 405 g/mol. The number of hydrogen-bond donors (Lipinski definition) is 2. The Bertz CT molecular complexity index is 1300. The number of methoxy groups -OCH3 is 1. The van der Waals surface area contributed by atoms with Crippen LogP contribution in [0.1, 0.15) is 30.8 Å². The molecule has 4 aromatic rings. The summed E-state index contributed by atoms with van der Waals surface area (Å²) in [4.78, 5) is 4.48. The first kappa shape index (κ1) is 19.5. The van der Waals surface area contributed by atoms with E-state index in [9.17, 15) is 9.50 Å². The second-order valence-electron chi connectivity index (χ2n) is 7.00. The third-order valence-corrected chi connectivity index (χ3v) is 4.89. The molecule has 30 heavy (non-hydrogen) atoms. The van der Waals surface area contributed by atoms with Crippen molar-refractivity contribution >= 4 is 28.0 Å². The zero-order valence-corrected chi connectivity index (χ0v) is 16.8. The average Bonchev–Trinajstić information content (AvgIpc) is 3.12. The van der Waals surface area contributed by atoms with Crippen LogP contribution in [-0.2, 0) is 6.42 Å². The first-order chi connectivity index (χ1) is 14.4. The van der Waals surface area contributed by atoms with Crippen LogP contribution in [0.15, 0.2) is 48.4 Å². The fraction of sp³-hybridized carbons (Fsp3) is 0.182. The van der Waals surface area contributed by atoms with Crippen molar-refractivity contribution in [2.75, 3.05) is 7.11 Å². The van der Waals surface area contributed by atoms with Gasteiger partial charge >= 0.3 is 0 Å². The number of aromatic nitrogens is 4. The Labute approximate surface area is 172 Å². The van der Waals surface area contributed by atoms with Gasteiger partial charge in [-0.1, -0.05) is 12.1 Å². The minimum atomic E-state index is -0.290. The molecule has 0 bridgehead atoms. The SMILES string of the molecule is COc1cc2c(cc1/C(C(C)=N)=C(\C)O)ncc1nnc(Cc3ccc(F)cc3)n12. The lowest BCUT2D eigenvalue weighted by atomic mass is 9.99. The molecule has 0 saturated heterocycles. The van der Waals surface area contributed by atoms with E-state index in [0.717, 1.165) is 11.1 Å². The summed E-state index contributed by atoms with van der Waals surface area (Å²) in [6.45, 7) is 3.14. The topological polar surface area (TPSA) is 96.4 Å². The maximum atomic E-state index is 13.2. The van der Waals surface area contributed by atoms with Crippen LogP contribution in [0.25, 0.3) is 22.3 Å². The molecule has 0 aliphatic heterocycles. The largest absolute Gasteiger partial charge is 0.512 e. The van der Waals surface area contributed by atoms with E-state index in [2.05, 4.69) is 15.2 Å². The van der Waals surface area contributed by atoms with E-state index in [1.54, 1.807) is 37.4 Å². The van der Waals surface area contributed by atoms with E-state index >= 15 is 0 Å². The zero-order valence-electron chi connectivity index (χ0n) is 16.8. The van der Waals surface area contributed by atoms with E-state index in [-0.39, 0.29) is 17.3 Å². The van der Waals surface area contributed by atoms with Gasteiger partial charge in [-0.2, -0.15) is 0 Å². The summed E-state index contributed by atoms with van der Waals surface area (Å²) in [6, 6.07) is 9.84. The Kier molecular flexibility index (Phi) is 4.91. The first-order valence-electron chi connectivity index (χ1n) is 9.30. The standard InChI is InChI=1S/C22H20FN5O2/c1-12(24)22(13(2)29)16-9-17-18(10-19(16)30-3)28-20(26-27-21(28)11-25-17)8-14-4-6-15(23)7-5-14/h4-7,9-11,24,29H,8H2,1-3H3/b22-13+,24-12?. The predicted molar refractivity (Wildman–Crippen MR) is 113 cm³/mol. The third kappa shape index (κ3) is 3.36. The van der Waals surface area contributed by atoms with Gasteiger partial charge in [0.2, 0.25) is 0 Å². The summed E-state index contributed by atoms with van der Waals surface area (Å²) in [6.07, 6.45) is 2.08. The molecule has 0 aliphatic carbocycles. The lowest BCUT2D eigenvalue weighted by Gasteiger charge is -2.14. The van der Waals surface area contributed by atoms with Crippen molar-refractivity contribution in [2.24, 2.45) is 0 Å². The fourth-order valence-corrected chi connectivity index (χ4v) is 3.58. The maximum absolute atomic E-state index is 13.2. The highest BCUT2D eigenvalue weighted by Crippen LogP contribution is 2.33. The van der Waals surface area contributed by atoms with Gasteiger partial charge in [0.25, 0.3) is 0 Å². The number of halogens is 1. The number of nitrogens with zero attached hydrogens (tertiary/aromatic N) is 4. The Morgan fingerprint density at radius 1 is 1.17 bits per heavy atom. The van der Waals surface area contributed by atoms with E-state index in [1.807, 2.05) is 4.40 Å². The quantitative estimate of drug-likeness (QED) is 0.380. The van der Waals surface area contributed by atoms with Gasteiger partial charge in [0.1, 0.15) is 17.4 Å². The van der Waals surface area contributed by atoms with Crippen LogP contribution < -0.4 is 4.74 Å². The lowest BCUT2D eigenvalue weighted by Crippen LogP contribution is -2.04. The second kappa shape index (κ2) is 7.55. The van der Waals surface area contributed by atoms with E-state index in [4.69, 9.17) is 10.1 Å². The van der Waals surface area contributed by atoms with E-state index in [0.29, 0.717) is 40.3 Å². The van der Waals surface area contributed by atoms with Gasteiger partial charge in [0.05, 0.1) is 30.1 Å². The molecular formula is C22H20FN5O2. The summed E-state index contributed by atoms with van der Waals surface area (Å²) in [5.74, 6) is 0.910. The summed E-state index contributed by atoms with van der Waals surface area (Å²) in [7, 11) is 1.54. The van der Waals surface area contributed by atoms with Crippen molar-refractivity contribution in [1.82, 2.24) is 19.6 Å². The number of hydrogen-bond acceptors (Lipinski definition) is 6. The zero-order chi connectivity index (χ0) is 21.4. The van der Waals surface area contributed by atoms with Gasteiger partial charge in [0.15, 0.2) is 5.65 Å². The van der Waals surface area contributed by atoms with Gasteiger partial charge < -0.3 is 15.3 Å². The summed E-state index contributed by atoms with van der Waals surface area (Å²) in [5, 5.41) is 26.6. The first-order valence-corrected chi connectivity index (χ1v) is 9.30. The van der Waals surface area contributed by atoms with Crippen molar-refractivity contribution in [2.45, 2.75) is 20.3 Å². The van der Waals surface area contributed by atoms with Crippen LogP contribution in [0.4, 0.5) is 4.39 Å². The van der Waals surface area contributed by atoms with Gasteiger partial charge in [-0.3, -0.25) is 9.38 Å². The molecule has 152 valence electrons. The number of fused-ring (bicyclic) bond motifs is 3. The number of nitrogens with one attached hydrogen (secondary N) is 1. The molecule has 0 radical (unpaired) electrons. The Balaban J connectivity index is 1.93. The summed E-state index contributed by atoms with van der Waals surface area (Å²) < 4.78 is 20.7. The predicted octanol–water partition coefficient (Wildman–Crippen LogP) is 4.34. The van der Waals surface area contributed by atoms with Gasteiger partial charge in [0, 0.05) is 29.3 Å². The molecule has 0 fully saturated rings. The molecule has 0 spiro atoms. The third-order valence-electron chi connectivity index (χ3n) is 4.89. The van der Waals surface area contributed by atoms with E-state index < -0.39 is 0 Å². The minimum Gasteiger partial charge on any atom is -0.512 e. The highest BCUT2D eigenvalue weighted by atomic mass is 19.1. The molecule has 2 aromatic heterocycles. The number of aliphatic hydroxyl groups is 1. The number of rotatable bonds is 5. The van der Waals surface area contributed by atoms with Crippen molar-refractivity contribution in [3.8, 4) is 5.75 Å². The maximum Gasteiger partial charge on any atom is 0.179 e. The second-order valence-corrected chi connectivity index (χ2v) is 7.00. The normalized spacial score (nSPS) is 12.3. The Morgan fingerprint density at radius 3 is 2.53 bits per heavy atom. The molecule has 0 aliphatic rings. The van der Waals surface area contributed by atoms with Crippen LogP contribution in [0.2, 0.25) is 0 Å². The highest BCUT2D eigenvalue weighted by Gasteiger charge is 2.18. The Morgan fingerprint density at radius 2 is 1.90 bits per heavy atom. The smallest absolute Gasteiger partial charge is 0.179 e. The van der Waals surface area contributed by atoms with Crippen LogP contribution >= 0.6 is 0 Å². The number of aliphatic hydroxyl groups excluding tert-OH is 1. The summed E-state index contributed by atoms with van der Waals surface area (Å²) >= 11 is 0. The molecule has 0 saturated carbocycles. The monoisotopic (exact) mass is 405 g/mol. The molecule has 2 heterocycles. The van der Waals surface area contributed by atoms with E-state index in [1.165, 1.54) is 26.2 Å². The van der Waals surface area contributed by atoms with Crippen molar-refractivity contribution in [3.63, 3.8) is 0 Å². The molecule has 4 rings (SSSR count). The number of allylic oxidation sites excluding steroid dienone is 2. The van der Waals surface area contributed by atoms with Crippen LogP contribution in [-0.4, -0.2) is 37.5 Å². The molecule has 0 atom stereocenters. The molecule has 7 nitrogen and oxygen atoms in total. The van der Waals surface area contributed by atoms with Gasteiger partial charge in [-0.25, -0.2) is 4.39 Å². The summed E-state index contributed by atoms with van der Waals surface area (Å²) in [5.41, 5.74) is 4.04. The van der Waals surface area contributed by atoms with Crippen LogP contribution in [0, 0.1) is 11.2 Å². The lowest BCUT2D eigenvalue weighted by molar-refractivity contribution is 0.409. The molecular weight excluding hydrogens is 385 g/mol. The molecule has 2 N–H and O–H groups in total. The van der Waals surface area contributed by atoms with Gasteiger partial charge in [-0.05, 0) is 37.6 Å². The Hall–Kier alpha value is -3.81. The van der Waals surface area contributed by atoms with Crippen LogP contribution in [0.3, 0.4) is 0 Å². The number of benzene rings is 2. The molecule has 8 heteroatoms. The minimum absolute atomic E-state index is 0.0301. The molecule has 0 amide bonds.